The second kappa shape index (κ2) is 9.65. The maximum absolute atomic E-state index is 12.9. The van der Waals surface area contributed by atoms with E-state index in [4.69, 9.17) is 14.2 Å². The molecule has 1 amide bonds. The molecule has 0 spiro atoms. The van der Waals surface area contributed by atoms with Crippen molar-refractivity contribution >= 4 is 21.4 Å². The minimum atomic E-state index is -3.52. The number of methoxy groups -OCH3 is 3. The summed E-state index contributed by atoms with van der Waals surface area (Å²) in [5.74, 6) is 0.840. The van der Waals surface area contributed by atoms with Crippen molar-refractivity contribution < 1.29 is 27.4 Å². The van der Waals surface area contributed by atoms with Crippen molar-refractivity contribution in [3.63, 3.8) is 0 Å². The number of nitrogens with one attached hydrogen (secondary N) is 1. The topological polar surface area (TPSA) is 90.9 Å². The fourth-order valence-electron chi connectivity index (χ4n) is 3.01. The van der Waals surface area contributed by atoms with Crippen molar-refractivity contribution in [1.82, 2.24) is 0 Å². The number of benzene rings is 2. The van der Waals surface area contributed by atoms with Crippen LogP contribution < -0.4 is 19.5 Å². The summed E-state index contributed by atoms with van der Waals surface area (Å²) in [6.07, 6.45) is 1.02. The maximum atomic E-state index is 12.9. The molecule has 0 aliphatic heterocycles. The summed E-state index contributed by atoms with van der Waals surface area (Å²) >= 11 is 0. The fraction of sp³-hybridized carbons (Fsp3) is 0.381. The van der Waals surface area contributed by atoms with Crippen molar-refractivity contribution in [3.05, 3.63) is 42.0 Å². The van der Waals surface area contributed by atoms with Crippen LogP contribution in [0.3, 0.4) is 0 Å². The van der Waals surface area contributed by atoms with Crippen LogP contribution in [0, 0.1) is 0 Å². The average molecular weight is 422 g/mol. The van der Waals surface area contributed by atoms with Gasteiger partial charge in [-0.25, -0.2) is 8.42 Å². The molecule has 29 heavy (non-hydrogen) atoms. The van der Waals surface area contributed by atoms with Crippen LogP contribution in [0.15, 0.2) is 41.3 Å². The predicted octanol–water partition coefficient (Wildman–Crippen LogP) is 3.93. The number of ether oxygens (including phenoxy) is 3. The molecule has 0 saturated heterocycles. The highest BCUT2D eigenvalue weighted by molar-refractivity contribution is 7.92. The third-order valence-electron chi connectivity index (χ3n) is 4.71. The van der Waals surface area contributed by atoms with Gasteiger partial charge in [-0.1, -0.05) is 13.8 Å². The van der Waals surface area contributed by atoms with Crippen molar-refractivity contribution in [2.24, 2.45) is 0 Å². The summed E-state index contributed by atoms with van der Waals surface area (Å²) < 4.78 is 41.4. The van der Waals surface area contributed by atoms with Gasteiger partial charge in [-0.3, -0.25) is 4.79 Å². The molecule has 0 aliphatic rings. The number of carbonyl (C=O) groups is 1. The highest BCUT2D eigenvalue weighted by atomic mass is 32.2. The Labute approximate surface area is 171 Å². The Balaban J connectivity index is 2.43. The second-order valence-electron chi connectivity index (χ2n) is 6.40. The van der Waals surface area contributed by atoms with Gasteiger partial charge in [0.15, 0.2) is 9.84 Å². The zero-order valence-electron chi connectivity index (χ0n) is 17.3. The maximum Gasteiger partial charge on any atom is 0.256 e. The van der Waals surface area contributed by atoms with Crippen LogP contribution in [0.1, 0.15) is 37.0 Å². The zero-order valence-corrected chi connectivity index (χ0v) is 18.1. The molecule has 0 radical (unpaired) electrons. The van der Waals surface area contributed by atoms with E-state index in [0.717, 1.165) is 0 Å². The SMILES string of the molecule is CCC(CC)S(=O)(=O)c1ccc(OC)c(NC(=O)c2cc(OC)cc(OC)c2)c1. The van der Waals surface area contributed by atoms with Crippen LogP contribution in [-0.2, 0) is 9.84 Å². The molecule has 7 nitrogen and oxygen atoms in total. The van der Waals surface area contributed by atoms with E-state index in [1.54, 1.807) is 18.2 Å². The molecule has 2 aromatic rings. The molecule has 158 valence electrons. The van der Waals surface area contributed by atoms with Crippen molar-refractivity contribution in [2.75, 3.05) is 26.6 Å². The van der Waals surface area contributed by atoms with Crippen LogP contribution in [0.5, 0.6) is 17.2 Å². The van der Waals surface area contributed by atoms with Gasteiger partial charge >= 0.3 is 0 Å². The lowest BCUT2D eigenvalue weighted by atomic mass is 10.1. The first-order valence-corrected chi connectivity index (χ1v) is 10.8. The molecule has 8 heteroatoms. The second-order valence-corrected chi connectivity index (χ2v) is 8.63. The van der Waals surface area contributed by atoms with Gasteiger partial charge in [0.05, 0.1) is 37.2 Å². The summed E-state index contributed by atoms with van der Waals surface area (Å²) in [5.41, 5.74) is 0.572. The minimum Gasteiger partial charge on any atom is -0.497 e. The first-order valence-electron chi connectivity index (χ1n) is 9.27. The van der Waals surface area contributed by atoms with E-state index in [-0.39, 0.29) is 10.6 Å². The lowest BCUT2D eigenvalue weighted by Gasteiger charge is -2.17. The molecule has 0 fully saturated rings. The van der Waals surface area contributed by atoms with E-state index in [0.29, 0.717) is 35.7 Å². The Bertz CT molecular complexity index is 945. The van der Waals surface area contributed by atoms with E-state index < -0.39 is 21.0 Å². The van der Waals surface area contributed by atoms with E-state index in [9.17, 15) is 13.2 Å². The predicted molar refractivity (Wildman–Crippen MR) is 112 cm³/mol. The van der Waals surface area contributed by atoms with E-state index in [1.807, 2.05) is 13.8 Å². The molecule has 0 heterocycles. The van der Waals surface area contributed by atoms with Gasteiger partial charge in [0.1, 0.15) is 17.2 Å². The Hall–Kier alpha value is -2.74. The summed E-state index contributed by atoms with van der Waals surface area (Å²) in [4.78, 5) is 12.9. The number of sulfone groups is 1. The lowest BCUT2D eigenvalue weighted by Crippen LogP contribution is -2.20. The van der Waals surface area contributed by atoms with Gasteiger partial charge in [0, 0.05) is 11.6 Å². The zero-order chi connectivity index (χ0) is 21.6. The van der Waals surface area contributed by atoms with Crippen LogP contribution >= 0.6 is 0 Å². The van der Waals surface area contributed by atoms with Gasteiger partial charge in [0.2, 0.25) is 0 Å². The molecular weight excluding hydrogens is 394 g/mol. The molecule has 0 saturated carbocycles. The molecule has 0 unspecified atom stereocenters. The third kappa shape index (κ3) is 5.00. The quantitative estimate of drug-likeness (QED) is 0.660. The molecule has 2 rings (SSSR count). The Kier molecular flexibility index (Phi) is 7.50. The monoisotopic (exact) mass is 421 g/mol. The first-order chi connectivity index (χ1) is 13.8. The van der Waals surface area contributed by atoms with Crippen LogP contribution in [-0.4, -0.2) is 40.9 Å². The van der Waals surface area contributed by atoms with Gasteiger partial charge in [0.25, 0.3) is 5.91 Å². The molecular formula is C21H27NO6S. The van der Waals surface area contributed by atoms with Gasteiger partial charge in [-0.05, 0) is 43.2 Å². The van der Waals surface area contributed by atoms with E-state index >= 15 is 0 Å². The number of rotatable bonds is 9. The minimum absolute atomic E-state index is 0.144. The highest BCUT2D eigenvalue weighted by Crippen LogP contribution is 2.31. The molecule has 0 aliphatic carbocycles. The van der Waals surface area contributed by atoms with E-state index in [1.165, 1.54) is 39.5 Å². The van der Waals surface area contributed by atoms with Crippen LogP contribution in [0.25, 0.3) is 0 Å². The van der Waals surface area contributed by atoms with Gasteiger partial charge in [-0.15, -0.1) is 0 Å². The average Bonchev–Trinajstić information content (AvgIpc) is 2.73. The summed E-state index contributed by atoms with van der Waals surface area (Å²) in [6.45, 7) is 3.68. The van der Waals surface area contributed by atoms with Crippen molar-refractivity contribution in [2.45, 2.75) is 36.8 Å². The summed E-state index contributed by atoms with van der Waals surface area (Å²) in [6, 6.07) is 9.25. The number of carbonyl (C=O) groups excluding carboxylic acids is 1. The van der Waals surface area contributed by atoms with Gasteiger partial charge in [-0.2, -0.15) is 0 Å². The van der Waals surface area contributed by atoms with Crippen molar-refractivity contribution in [3.8, 4) is 17.2 Å². The Morgan fingerprint density at radius 2 is 1.52 bits per heavy atom. The third-order valence-corrected chi connectivity index (χ3v) is 7.17. The first kappa shape index (κ1) is 22.5. The summed E-state index contributed by atoms with van der Waals surface area (Å²) in [5, 5.41) is 2.24. The molecule has 0 aromatic heterocycles. The van der Waals surface area contributed by atoms with Crippen LogP contribution in [0.2, 0.25) is 0 Å². The molecule has 2 aromatic carbocycles. The number of hydrogen-bond donors (Lipinski definition) is 1. The number of hydrogen-bond acceptors (Lipinski definition) is 6. The number of amides is 1. The van der Waals surface area contributed by atoms with E-state index in [2.05, 4.69) is 5.32 Å². The summed E-state index contributed by atoms with van der Waals surface area (Å²) in [7, 11) is 0.919. The largest absolute Gasteiger partial charge is 0.497 e. The highest BCUT2D eigenvalue weighted by Gasteiger charge is 2.25. The van der Waals surface area contributed by atoms with Crippen LogP contribution in [0.4, 0.5) is 5.69 Å². The molecule has 0 atom stereocenters. The smallest absolute Gasteiger partial charge is 0.256 e. The van der Waals surface area contributed by atoms with Crippen molar-refractivity contribution in [1.29, 1.82) is 0 Å². The Morgan fingerprint density at radius 1 is 0.931 bits per heavy atom. The Morgan fingerprint density at radius 3 is 2.00 bits per heavy atom. The molecule has 1 N–H and O–H groups in total. The van der Waals surface area contributed by atoms with Gasteiger partial charge < -0.3 is 19.5 Å². The number of anilines is 1. The lowest BCUT2D eigenvalue weighted by molar-refractivity contribution is 0.102. The fourth-order valence-corrected chi connectivity index (χ4v) is 4.82. The molecule has 0 bridgehead atoms. The normalized spacial score (nSPS) is 11.2. The standard InChI is InChI=1S/C21H27NO6S/c1-6-17(7-2)29(24,25)18-8-9-20(28-5)19(13-18)22-21(23)14-10-15(26-3)12-16(11-14)27-4/h8-13,17H,6-7H2,1-5H3,(H,22,23).